The largest absolute Gasteiger partial charge is 0.376 e. The molecule has 1 aromatic carbocycles. The summed E-state index contributed by atoms with van der Waals surface area (Å²) in [4.78, 5) is 11.8. The van der Waals surface area contributed by atoms with E-state index in [1.54, 1.807) is 12.1 Å². The van der Waals surface area contributed by atoms with E-state index in [0.717, 1.165) is 25.9 Å². The van der Waals surface area contributed by atoms with Gasteiger partial charge in [-0.2, -0.15) is 0 Å². The first-order valence-electron chi connectivity index (χ1n) is 6.73. The third-order valence-corrected chi connectivity index (χ3v) is 3.84. The molecule has 0 atom stereocenters. The highest BCUT2D eigenvalue weighted by atomic mass is 79.9. The van der Waals surface area contributed by atoms with E-state index in [2.05, 4.69) is 26.6 Å². The summed E-state index contributed by atoms with van der Waals surface area (Å²) in [6.07, 6.45) is 2.25. The zero-order valence-electron chi connectivity index (χ0n) is 11.1. The molecule has 110 valence electrons. The second kappa shape index (κ2) is 7.71. The molecule has 0 spiro atoms. The van der Waals surface area contributed by atoms with Crippen molar-refractivity contribution in [1.29, 1.82) is 0 Å². The molecule has 0 unspecified atom stereocenters. The van der Waals surface area contributed by atoms with Crippen molar-refractivity contribution in [2.75, 3.05) is 26.2 Å². The molecule has 0 aromatic heterocycles. The second-order valence-corrected chi connectivity index (χ2v) is 5.53. The van der Waals surface area contributed by atoms with Crippen LogP contribution in [0.4, 0.5) is 4.39 Å². The maximum absolute atomic E-state index is 13.7. The van der Waals surface area contributed by atoms with E-state index in [0.29, 0.717) is 13.2 Å². The van der Waals surface area contributed by atoms with E-state index in [-0.39, 0.29) is 16.1 Å². The van der Waals surface area contributed by atoms with Gasteiger partial charge in [-0.1, -0.05) is 6.07 Å². The molecule has 1 aliphatic rings. The Labute approximate surface area is 126 Å². The topological polar surface area (TPSA) is 50.4 Å². The summed E-state index contributed by atoms with van der Waals surface area (Å²) >= 11 is 3.06. The Morgan fingerprint density at radius 3 is 2.95 bits per heavy atom. The highest BCUT2D eigenvalue weighted by molar-refractivity contribution is 9.10. The lowest BCUT2D eigenvalue weighted by Gasteiger charge is -2.22. The first-order chi connectivity index (χ1) is 9.68. The Hall–Kier alpha value is -0.980. The van der Waals surface area contributed by atoms with Gasteiger partial charge in [0.05, 0.1) is 22.7 Å². The van der Waals surface area contributed by atoms with Gasteiger partial charge in [0.2, 0.25) is 0 Å². The number of hydrogen-bond acceptors (Lipinski definition) is 3. The van der Waals surface area contributed by atoms with E-state index in [1.165, 1.54) is 6.07 Å². The van der Waals surface area contributed by atoms with Crippen molar-refractivity contribution in [2.45, 2.75) is 18.9 Å². The Balaban J connectivity index is 1.73. The Morgan fingerprint density at radius 1 is 1.45 bits per heavy atom. The van der Waals surface area contributed by atoms with Gasteiger partial charge in [-0.3, -0.25) is 4.79 Å². The first-order valence-corrected chi connectivity index (χ1v) is 7.52. The summed E-state index contributed by atoms with van der Waals surface area (Å²) < 4.78 is 19.7. The van der Waals surface area contributed by atoms with Gasteiger partial charge in [-0.25, -0.2) is 4.39 Å². The number of carbonyl (C=O) groups excluding carboxylic acids is 1. The standard InChI is InChI=1S/C14H18BrFN2O2/c15-12-3-1-2-11(13(12)16)14(19)18-8-9-20-10-4-6-17-7-5-10/h1-3,10,17H,4-9H2,(H,18,19). The Kier molecular flexibility index (Phi) is 5.94. The van der Waals surface area contributed by atoms with Crippen LogP contribution >= 0.6 is 15.9 Å². The van der Waals surface area contributed by atoms with E-state index < -0.39 is 11.7 Å². The number of benzene rings is 1. The molecule has 1 fully saturated rings. The van der Waals surface area contributed by atoms with Crippen LogP contribution in [0, 0.1) is 5.82 Å². The van der Waals surface area contributed by atoms with Crippen molar-refractivity contribution >= 4 is 21.8 Å². The molecule has 1 aromatic rings. The molecular formula is C14H18BrFN2O2. The van der Waals surface area contributed by atoms with E-state index in [1.807, 2.05) is 0 Å². The van der Waals surface area contributed by atoms with Crippen LogP contribution in [0.1, 0.15) is 23.2 Å². The van der Waals surface area contributed by atoms with Crippen molar-refractivity contribution < 1.29 is 13.9 Å². The Bertz CT molecular complexity index is 464. The average Bonchev–Trinajstić information content (AvgIpc) is 2.47. The first kappa shape index (κ1) is 15.4. The molecule has 6 heteroatoms. The fraction of sp³-hybridized carbons (Fsp3) is 0.500. The van der Waals surface area contributed by atoms with Gasteiger partial charge in [-0.15, -0.1) is 0 Å². The molecule has 2 rings (SSSR count). The molecule has 1 heterocycles. The highest BCUT2D eigenvalue weighted by Crippen LogP contribution is 2.18. The van der Waals surface area contributed by atoms with Crippen LogP contribution < -0.4 is 10.6 Å². The summed E-state index contributed by atoms with van der Waals surface area (Å²) in [5, 5.41) is 5.93. The zero-order valence-corrected chi connectivity index (χ0v) is 12.7. The highest BCUT2D eigenvalue weighted by Gasteiger charge is 2.15. The summed E-state index contributed by atoms with van der Waals surface area (Å²) in [5.74, 6) is -0.956. The van der Waals surface area contributed by atoms with E-state index in [9.17, 15) is 9.18 Å². The number of nitrogens with one attached hydrogen (secondary N) is 2. The zero-order chi connectivity index (χ0) is 14.4. The normalized spacial score (nSPS) is 16.1. The molecule has 1 amide bonds. The van der Waals surface area contributed by atoms with Gasteiger partial charge in [0.25, 0.3) is 5.91 Å². The summed E-state index contributed by atoms with van der Waals surface area (Å²) in [7, 11) is 0. The number of ether oxygens (including phenoxy) is 1. The predicted molar refractivity (Wildman–Crippen MR) is 78.3 cm³/mol. The van der Waals surface area contributed by atoms with Gasteiger partial charge in [0.1, 0.15) is 5.82 Å². The van der Waals surface area contributed by atoms with E-state index >= 15 is 0 Å². The molecule has 0 aliphatic carbocycles. The molecular weight excluding hydrogens is 327 g/mol. The average molecular weight is 345 g/mol. The van der Waals surface area contributed by atoms with Crippen LogP contribution in [-0.4, -0.2) is 38.3 Å². The lowest BCUT2D eigenvalue weighted by Crippen LogP contribution is -2.35. The smallest absolute Gasteiger partial charge is 0.254 e. The molecule has 20 heavy (non-hydrogen) atoms. The number of amides is 1. The van der Waals surface area contributed by atoms with Gasteiger partial charge >= 0.3 is 0 Å². The molecule has 1 aliphatic heterocycles. The minimum Gasteiger partial charge on any atom is -0.376 e. The van der Waals surface area contributed by atoms with Crippen LogP contribution in [0.25, 0.3) is 0 Å². The number of piperidine rings is 1. The van der Waals surface area contributed by atoms with Crippen LogP contribution in [0.5, 0.6) is 0 Å². The SMILES string of the molecule is O=C(NCCOC1CCNCC1)c1cccc(Br)c1F. The van der Waals surface area contributed by atoms with Gasteiger partial charge in [0.15, 0.2) is 0 Å². The van der Waals surface area contributed by atoms with Gasteiger partial charge < -0.3 is 15.4 Å². The fourth-order valence-electron chi connectivity index (χ4n) is 2.13. The number of hydrogen-bond donors (Lipinski definition) is 2. The van der Waals surface area contributed by atoms with Crippen LogP contribution in [0.15, 0.2) is 22.7 Å². The number of halogens is 2. The third kappa shape index (κ3) is 4.26. The molecule has 0 bridgehead atoms. The molecule has 0 radical (unpaired) electrons. The van der Waals surface area contributed by atoms with Crippen molar-refractivity contribution in [1.82, 2.24) is 10.6 Å². The molecule has 0 saturated carbocycles. The third-order valence-electron chi connectivity index (χ3n) is 3.22. The lowest BCUT2D eigenvalue weighted by atomic mass is 10.1. The molecule has 1 saturated heterocycles. The Morgan fingerprint density at radius 2 is 2.20 bits per heavy atom. The quantitative estimate of drug-likeness (QED) is 0.804. The van der Waals surface area contributed by atoms with Crippen molar-refractivity contribution in [2.24, 2.45) is 0 Å². The number of carbonyl (C=O) groups is 1. The van der Waals surface area contributed by atoms with Gasteiger partial charge in [-0.05, 0) is 54.0 Å². The summed E-state index contributed by atoms with van der Waals surface area (Å²) in [6.45, 7) is 2.78. The van der Waals surface area contributed by atoms with Crippen molar-refractivity contribution in [3.8, 4) is 0 Å². The predicted octanol–water partition coefficient (Wildman–Crippen LogP) is 2.09. The van der Waals surface area contributed by atoms with Crippen LogP contribution in [-0.2, 0) is 4.74 Å². The van der Waals surface area contributed by atoms with Crippen molar-refractivity contribution in [3.63, 3.8) is 0 Å². The minimum atomic E-state index is -0.538. The monoisotopic (exact) mass is 344 g/mol. The molecule has 4 nitrogen and oxygen atoms in total. The van der Waals surface area contributed by atoms with Crippen LogP contribution in [0.2, 0.25) is 0 Å². The lowest BCUT2D eigenvalue weighted by molar-refractivity contribution is 0.0343. The maximum Gasteiger partial charge on any atom is 0.254 e. The van der Waals surface area contributed by atoms with Gasteiger partial charge in [0, 0.05) is 6.54 Å². The van der Waals surface area contributed by atoms with Crippen molar-refractivity contribution in [3.05, 3.63) is 34.1 Å². The minimum absolute atomic E-state index is 0.0428. The fourth-order valence-corrected chi connectivity index (χ4v) is 2.49. The van der Waals surface area contributed by atoms with Crippen LogP contribution in [0.3, 0.4) is 0 Å². The summed E-state index contributed by atoms with van der Waals surface area (Å²) in [5.41, 5.74) is 0.0428. The maximum atomic E-state index is 13.7. The second-order valence-electron chi connectivity index (χ2n) is 4.68. The summed E-state index contributed by atoms with van der Waals surface area (Å²) in [6, 6.07) is 4.66. The number of rotatable bonds is 5. The van der Waals surface area contributed by atoms with E-state index in [4.69, 9.17) is 4.74 Å². The molecule has 2 N–H and O–H groups in total.